The van der Waals surface area contributed by atoms with E-state index in [-0.39, 0.29) is 12.1 Å². The summed E-state index contributed by atoms with van der Waals surface area (Å²) in [6, 6.07) is 13.0. The topological polar surface area (TPSA) is 64.7 Å². The fraction of sp³-hybridized carbons (Fsp3) is 0.462. The molecule has 2 aromatic rings. The highest BCUT2D eigenvalue weighted by Gasteiger charge is 2.21. The Morgan fingerprint density at radius 1 is 0.676 bits per heavy atom. The van der Waals surface area contributed by atoms with E-state index >= 15 is 0 Å². The lowest BCUT2D eigenvalue weighted by Gasteiger charge is -2.33. The molecule has 2 amide bonds. The standard InChI is InChI=1S/C26H32Cl2N4O2/c27-23-12-22(13-24(28)14-23)21-10-19(15-31-5-1-25(2-6-31)29-17-33)9-20(11-21)16-32-7-3-26(4-8-32)30-18-34/h9-14,17-18,25-26H,1-8,15-16H2,(H,29,33)(H,30,34). The molecule has 0 radical (unpaired) electrons. The van der Waals surface area contributed by atoms with Crippen molar-refractivity contribution in [1.29, 1.82) is 0 Å². The van der Waals surface area contributed by atoms with Crippen molar-refractivity contribution in [1.82, 2.24) is 20.4 Å². The molecule has 4 rings (SSSR count). The van der Waals surface area contributed by atoms with Crippen molar-refractivity contribution in [3.63, 3.8) is 0 Å². The average Bonchev–Trinajstić information content (AvgIpc) is 2.81. The number of carbonyl (C=O) groups is 2. The van der Waals surface area contributed by atoms with E-state index < -0.39 is 0 Å². The van der Waals surface area contributed by atoms with Crippen molar-refractivity contribution >= 4 is 36.0 Å². The SMILES string of the molecule is O=CNC1CCN(Cc2cc(CN3CCC(NC=O)CC3)cc(-c3cc(Cl)cc(Cl)c3)c2)CC1. The second kappa shape index (κ2) is 12.0. The zero-order valence-corrected chi connectivity index (χ0v) is 20.8. The van der Waals surface area contributed by atoms with E-state index in [0.29, 0.717) is 10.0 Å². The van der Waals surface area contributed by atoms with Crippen molar-refractivity contribution in [2.24, 2.45) is 0 Å². The van der Waals surface area contributed by atoms with Crippen LogP contribution in [0, 0.1) is 0 Å². The average molecular weight is 503 g/mol. The lowest BCUT2D eigenvalue weighted by Crippen LogP contribution is -2.42. The molecule has 2 saturated heterocycles. The molecule has 0 atom stereocenters. The number of hydrogen-bond acceptors (Lipinski definition) is 4. The monoisotopic (exact) mass is 502 g/mol. The zero-order chi connectivity index (χ0) is 23.9. The highest BCUT2D eigenvalue weighted by Crippen LogP contribution is 2.30. The van der Waals surface area contributed by atoms with E-state index in [2.05, 4.69) is 38.6 Å². The lowest BCUT2D eigenvalue weighted by molar-refractivity contribution is -0.111. The first-order valence-corrected chi connectivity index (χ1v) is 12.7. The Morgan fingerprint density at radius 3 is 1.50 bits per heavy atom. The highest BCUT2D eigenvalue weighted by molar-refractivity contribution is 6.35. The van der Waals surface area contributed by atoms with Gasteiger partial charge in [0.15, 0.2) is 0 Å². The van der Waals surface area contributed by atoms with Crippen LogP contribution in [0.3, 0.4) is 0 Å². The van der Waals surface area contributed by atoms with Crippen LogP contribution in [0.2, 0.25) is 10.0 Å². The van der Waals surface area contributed by atoms with Crippen LogP contribution in [0.1, 0.15) is 36.8 Å². The Hall–Kier alpha value is -2.12. The Morgan fingerprint density at radius 2 is 1.09 bits per heavy atom. The molecular formula is C26H32Cl2N4O2. The van der Waals surface area contributed by atoms with Gasteiger partial charge in [0.25, 0.3) is 0 Å². The van der Waals surface area contributed by atoms with Gasteiger partial charge in [-0.25, -0.2) is 0 Å². The summed E-state index contributed by atoms with van der Waals surface area (Å²) in [5.41, 5.74) is 4.67. The van der Waals surface area contributed by atoms with E-state index in [1.807, 2.05) is 12.1 Å². The third kappa shape index (κ3) is 6.95. The molecule has 0 spiro atoms. The van der Waals surface area contributed by atoms with Crippen LogP contribution in [0.25, 0.3) is 11.1 Å². The number of rotatable bonds is 9. The molecule has 0 unspecified atom stereocenters. The van der Waals surface area contributed by atoms with Crippen LogP contribution in [-0.2, 0) is 22.7 Å². The zero-order valence-electron chi connectivity index (χ0n) is 19.3. The van der Waals surface area contributed by atoms with Crippen LogP contribution in [-0.4, -0.2) is 60.9 Å². The van der Waals surface area contributed by atoms with E-state index in [4.69, 9.17) is 23.2 Å². The number of amides is 2. The first kappa shape index (κ1) is 25.0. The maximum absolute atomic E-state index is 10.8. The molecule has 6 nitrogen and oxygen atoms in total. The first-order chi connectivity index (χ1) is 16.5. The summed E-state index contributed by atoms with van der Waals surface area (Å²) in [4.78, 5) is 26.4. The molecule has 0 saturated carbocycles. The fourth-order valence-corrected chi connectivity index (χ4v) is 5.58. The number of carbonyl (C=O) groups excluding carboxylic acids is 2. The summed E-state index contributed by atoms with van der Waals surface area (Å²) < 4.78 is 0. The van der Waals surface area contributed by atoms with Crippen LogP contribution in [0.4, 0.5) is 0 Å². The van der Waals surface area contributed by atoms with E-state index in [9.17, 15) is 9.59 Å². The minimum Gasteiger partial charge on any atom is -0.356 e. The van der Waals surface area contributed by atoms with Crippen molar-refractivity contribution < 1.29 is 9.59 Å². The molecule has 0 aliphatic carbocycles. The Bertz CT molecular complexity index is 916. The largest absolute Gasteiger partial charge is 0.356 e. The number of benzene rings is 2. The molecule has 8 heteroatoms. The molecule has 0 aromatic heterocycles. The number of likely N-dealkylation sites (tertiary alicyclic amines) is 2. The van der Waals surface area contributed by atoms with Gasteiger partial charge in [-0.05, 0) is 78.3 Å². The number of nitrogens with one attached hydrogen (secondary N) is 2. The Balaban J connectivity index is 1.52. The third-order valence-electron chi connectivity index (χ3n) is 6.84. The Labute approximate surface area is 211 Å². The highest BCUT2D eigenvalue weighted by atomic mass is 35.5. The Kier molecular flexibility index (Phi) is 8.84. The van der Waals surface area contributed by atoms with Crippen molar-refractivity contribution in [2.45, 2.75) is 50.9 Å². The van der Waals surface area contributed by atoms with E-state index in [0.717, 1.165) is 88.9 Å². The van der Waals surface area contributed by atoms with Crippen molar-refractivity contribution in [3.8, 4) is 11.1 Å². The molecule has 2 heterocycles. The van der Waals surface area contributed by atoms with Crippen LogP contribution < -0.4 is 10.6 Å². The summed E-state index contributed by atoms with van der Waals surface area (Å²) >= 11 is 12.6. The number of halogens is 2. The minimum absolute atomic E-state index is 0.279. The molecule has 2 aliphatic rings. The molecule has 2 aliphatic heterocycles. The number of nitrogens with zero attached hydrogens (tertiary/aromatic N) is 2. The maximum Gasteiger partial charge on any atom is 0.207 e. The maximum atomic E-state index is 10.8. The summed E-state index contributed by atoms with van der Waals surface area (Å²) in [6.45, 7) is 5.59. The van der Waals surface area contributed by atoms with Gasteiger partial charge >= 0.3 is 0 Å². The van der Waals surface area contributed by atoms with Gasteiger partial charge in [-0.15, -0.1) is 0 Å². The number of piperidine rings is 2. The summed E-state index contributed by atoms with van der Waals surface area (Å²) in [5.74, 6) is 0. The summed E-state index contributed by atoms with van der Waals surface area (Å²) in [7, 11) is 0. The number of hydrogen-bond donors (Lipinski definition) is 2. The van der Waals surface area contributed by atoms with Gasteiger partial charge in [0.2, 0.25) is 12.8 Å². The van der Waals surface area contributed by atoms with Crippen LogP contribution in [0.15, 0.2) is 36.4 Å². The van der Waals surface area contributed by atoms with Gasteiger partial charge in [0.1, 0.15) is 0 Å². The molecule has 0 bridgehead atoms. The predicted octanol–water partition coefficient (Wildman–Crippen LogP) is 4.08. The van der Waals surface area contributed by atoms with Gasteiger partial charge in [0, 0.05) is 61.4 Å². The molecule has 2 aromatic carbocycles. The van der Waals surface area contributed by atoms with Crippen LogP contribution >= 0.6 is 23.2 Å². The second-order valence-electron chi connectivity index (χ2n) is 9.37. The summed E-state index contributed by atoms with van der Waals surface area (Å²) in [6.07, 6.45) is 5.50. The third-order valence-corrected chi connectivity index (χ3v) is 7.28. The first-order valence-electron chi connectivity index (χ1n) is 12.0. The smallest absolute Gasteiger partial charge is 0.207 e. The summed E-state index contributed by atoms with van der Waals surface area (Å²) in [5, 5.41) is 7.09. The lowest BCUT2D eigenvalue weighted by atomic mass is 9.97. The predicted molar refractivity (Wildman–Crippen MR) is 137 cm³/mol. The van der Waals surface area contributed by atoms with Crippen LogP contribution in [0.5, 0.6) is 0 Å². The molecular weight excluding hydrogens is 471 g/mol. The van der Waals surface area contributed by atoms with E-state index in [1.54, 1.807) is 6.07 Å². The molecule has 2 fully saturated rings. The normalized spacial score (nSPS) is 18.5. The van der Waals surface area contributed by atoms with Gasteiger partial charge in [-0.3, -0.25) is 19.4 Å². The quantitative estimate of drug-likeness (QED) is 0.507. The van der Waals surface area contributed by atoms with E-state index in [1.165, 1.54) is 11.1 Å². The van der Waals surface area contributed by atoms with Gasteiger partial charge in [-0.1, -0.05) is 29.3 Å². The van der Waals surface area contributed by atoms with Gasteiger partial charge in [-0.2, -0.15) is 0 Å². The minimum atomic E-state index is 0.279. The molecule has 2 N–H and O–H groups in total. The molecule has 34 heavy (non-hydrogen) atoms. The molecule has 182 valence electrons. The van der Waals surface area contributed by atoms with Crippen molar-refractivity contribution in [2.75, 3.05) is 26.2 Å². The fourth-order valence-electron chi connectivity index (χ4n) is 5.06. The van der Waals surface area contributed by atoms with Gasteiger partial charge < -0.3 is 10.6 Å². The second-order valence-corrected chi connectivity index (χ2v) is 10.2. The van der Waals surface area contributed by atoms with Crippen molar-refractivity contribution in [3.05, 3.63) is 57.6 Å². The van der Waals surface area contributed by atoms with Gasteiger partial charge in [0.05, 0.1) is 0 Å².